The summed E-state index contributed by atoms with van der Waals surface area (Å²) in [6.07, 6.45) is 2.10. The second-order valence-corrected chi connectivity index (χ2v) is 10.8. The van der Waals surface area contributed by atoms with E-state index in [9.17, 15) is 24.3 Å². The number of carboxylic acids is 1. The maximum Gasteiger partial charge on any atom is 0.407 e. The molecule has 0 heterocycles. The van der Waals surface area contributed by atoms with Gasteiger partial charge in [0, 0.05) is 18.0 Å². The van der Waals surface area contributed by atoms with Crippen LogP contribution in [0.15, 0.2) is 72.8 Å². The van der Waals surface area contributed by atoms with Crippen LogP contribution in [0.3, 0.4) is 0 Å². The summed E-state index contributed by atoms with van der Waals surface area (Å²) in [6.45, 7) is 0.117. The number of aliphatic carboxylic acids is 1. The Morgan fingerprint density at radius 3 is 2.05 bits per heavy atom. The van der Waals surface area contributed by atoms with Gasteiger partial charge in [0.15, 0.2) is 0 Å². The molecule has 0 spiro atoms. The van der Waals surface area contributed by atoms with Gasteiger partial charge in [-0.3, -0.25) is 9.59 Å². The van der Waals surface area contributed by atoms with Gasteiger partial charge in [0.25, 0.3) is 0 Å². The predicted molar refractivity (Wildman–Crippen MR) is 156 cm³/mol. The minimum atomic E-state index is -0.982. The molecule has 3 atom stereocenters. The summed E-state index contributed by atoms with van der Waals surface area (Å²) in [5, 5.41) is 14.9. The van der Waals surface area contributed by atoms with E-state index in [1.807, 2.05) is 36.4 Å². The molecule has 2 aliphatic carbocycles. The largest absolute Gasteiger partial charge is 0.481 e. The third-order valence-electron chi connectivity index (χ3n) is 8.20. The molecule has 218 valence electrons. The Morgan fingerprint density at radius 1 is 0.857 bits per heavy atom. The van der Waals surface area contributed by atoms with Gasteiger partial charge < -0.3 is 25.2 Å². The van der Waals surface area contributed by atoms with Crippen molar-refractivity contribution in [3.05, 3.63) is 89.5 Å². The number of hydrogen-bond donors (Lipinski definition) is 3. The first-order valence-electron chi connectivity index (χ1n) is 14.2. The van der Waals surface area contributed by atoms with E-state index in [0.29, 0.717) is 18.5 Å². The van der Waals surface area contributed by atoms with Crippen LogP contribution in [0.2, 0.25) is 0 Å². The number of carboxylic acid groups (broad SMARTS) is 1. The maximum absolute atomic E-state index is 12.8. The van der Waals surface area contributed by atoms with Gasteiger partial charge in [0.2, 0.25) is 5.91 Å². The van der Waals surface area contributed by atoms with E-state index in [1.54, 1.807) is 24.3 Å². The number of ether oxygens (including phenoxy) is 2. The average Bonchev–Trinajstić information content (AvgIpc) is 3.33. The van der Waals surface area contributed by atoms with Crippen molar-refractivity contribution in [3.8, 4) is 11.1 Å². The Hall–Kier alpha value is -4.66. The standard InChI is InChI=1S/C33H34N2O7/c1-41-32(39)29(18-20-14-16-21(17-15-20)34-30(36)26-12-6-7-13-27(26)31(37)38)35-33(40)42-19-28-24-10-4-2-8-22(24)23-9-3-5-11-25(23)28/h2-5,8-11,14-17,26-29H,6-7,12-13,18-19H2,1H3,(H,34,36)(H,35,40)(H,37,38)/t26-,27-,29?/m1/s1. The van der Waals surface area contributed by atoms with Crippen LogP contribution < -0.4 is 10.6 Å². The number of methoxy groups -OCH3 is 1. The van der Waals surface area contributed by atoms with Gasteiger partial charge >= 0.3 is 18.0 Å². The number of fused-ring (bicyclic) bond motifs is 3. The second-order valence-electron chi connectivity index (χ2n) is 10.8. The Morgan fingerprint density at radius 2 is 1.45 bits per heavy atom. The van der Waals surface area contributed by atoms with E-state index in [4.69, 9.17) is 9.47 Å². The number of nitrogens with one attached hydrogen (secondary N) is 2. The molecule has 2 aliphatic rings. The minimum absolute atomic E-state index is 0.109. The van der Waals surface area contributed by atoms with E-state index in [2.05, 4.69) is 22.8 Å². The lowest BCUT2D eigenvalue weighted by molar-refractivity contribution is -0.147. The highest BCUT2D eigenvalue weighted by Crippen LogP contribution is 2.44. The Labute approximate surface area is 244 Å². The van der Waals surface area contributed by atoms with Gasteiger partial charge in [-0.1, -0.05) is 73.5 Å². The lowest BCUT2D eigenvalue weighted by Crippen LogP contribution is -2.43. The van der Waals surface area contributed by atoms with Gasteiger partial charge in [0.1, 0.15) is 12.6 Å². The van der Waals surface area contributed by atoms with Crippen molar-refractivity contribution in [2.24, 2.45) is 11.8 Å². The third kappa shape index (κ3) is 6.30. The average molecular weight is 571 g/mol. The molecule has 2 amide bonds. The van der Waals surface area contributed by atoms with E-state index in [1.165, 1.54) is 7.11 Å². The summed E-state index contributed by atoms with van der Waals surface area (Å²) in [5.74, 6) is -3.22. The van der Waals surface area contributed by atoms with Gasteiger partial charge in [-0.15, -0.1) is 0 Å². The van der Waals surface area contributed by atoms with Crippen LogP contribution in [0.4, 0.5) is 10.5 Å². The summed E-state index contributed by atoms with van der Waals surface area (Å²) in [5.41, 5.74) is 5.67. The fourth-order valence-electron chi connectivity index (χ4n) is 6.05. The van der Waals surface area contributed by atoms with E-state index in [0.717, 1.165) is 40.7 Å². The summed E-state index contributed by atoms with van der Waals surface area (Å²) in [7, 11) is 1.25. The van der Waals surface area contributed by atoms with Gasteiger partial charge in [-0.2, -0.15) is 0 Å². The van der Waals surface area contributed by atoms with E-state index in [-0.39, 0.29) is 24.9 Å². The molecule has 0 saturated heterocycles. The van der Waals surface area contributed by atoms with Gasteiger partial charge in [-0.05, 0) is 52.8 Å². The van der Waals surface area contributed by atoms with Gasteiger partial charge in [0.05, 0.1) is 18.9 Å². The molecule has 0 radical (unpaired) electrons. The fraction of sp³-hybridized carbons (Fsp3) is 0.333. The zero-order chi connectivity index (χ0) is 29.6. The van der Waals surface area contributed by atoms with Crippen molar-refractivity contribution in [1.82, 2.24) is 5.32 Å². The molecular weight excluding hydrogens is 536 g/mol. The highest BCUT2D eigenvalue weighted by molar-refractivity contribution is 5.95. The van der Waals surface area contributed by atoms with Crippen molar-refractivity contribution in [3.63, 3.8) is 0 Å². The van der Waals surface area contributed by atoms with Crippen molar-refractivity contribution in [1.29, 1.82) is 0 Å². The van der Waals surface area contributed by atoms with E-state index < -0.39 is 35.9 Å². The zero-order valence-electron chi connectivity index (χ0n) is 23.4. The van der Waals surface area contributed by atoms with Crippen molar-refractivity contribution in [2.75, 3.05) is 19.0 Å². The normalized spacial score (nSPS) is 18.2. The van der Waals surface area contributed by atoms with Crippen LogP contribution in [-0.2, 0) is 30.3 Å². The number of benzene rings is 3. The molecular formula is C33H34N2O7. The second kappa shape index (κ2) is 12.9. The molecule has 3 aromatic rings. The smallest absolute Gasteiger partial charge is 0.407 e. The molecule has 5 rings (SSSR count). The number of carbonyl (C=O) groups excluding carboxylic acids is 3. The van der Waals surface area contributed by atoms with Crippen molar-refractivity contribution < 1.29 is 33.8 Å². The SMILES string of the molecule is COC(=O)C(Cc1ccc(NC(=O)[C@@H]2CCCC[C@H]2C(=O)O)cc1)NC(=O)OCC1c2ccccc2-c2ccccc21. The zero-order valence-corrected chi connectivity index (χ0v) is 23.4. The highest BCUT2D eigenvalue weighted by Gasteiger charge is 2.36. The molecule has 1 unspecified atom stereocenters. The molecule has 0 bridgehead atoms. The quantitative estimate of drug-likeness (QED) is 0.304. The van der Waals surface area contributed by atoms with Crippen LogP contribution in [0, 0.1) is 11.8 Å². The monoisotopic (exact) mass is 570 g/mol. The molecule has 3 aromatic carbocycles. The molecule has 3 N–H and O–H groups in total. The first kappa shape index (κ1) is 28.9. The number of rotatable bonds is 9. The Balaban J connectivity index is 1.19. The fourth-order valence-corrected chi connectivity index (χ4v) is 6.05. The Kier molecular flexibility index (Phi) is 8.85. The summed E-state index contributed by atoms with van der Waals surface area (Å²) in [6, 6.07) is 21.9. The molecule has 9 heteroatoms. The summed E-state index contributed by atoms with van der Waals surface area (Å²) in [4.78, 5) is 49.7. The lowest BCUT2D eigenvalue weighted by atomic mass is 9.78. The number of anilines is 1. The molecule has 9 nitrogen and oxygen atoms in total. The summed E-state index contributed by atoms with van der Waals surface area (Å²) >= 11 is 0. The first-order valence-corrected chi connectivity index (χ1v) is 14.2. The number of hydrogen-bond acceptors (Lipinski definition) is 6. The van der Waals surface area contributed by atoms with Crippen LogP contribution in [-0.4, -0.2) is 48.8 Å². The maximum atomic E-state index is 12.8. The van der Waals surface area contributed by atoms with E-state index >= 15 is 0 Å². The lowest BCUT2D eigenvalue weighted by Gasteiger charge is -2.27. The topological polar surface area (TPSA) is 131 Å². The number of carbonyl (C=O) groups is 4. The van der Waals surface area contributed by atoms with Crippen LogP contribution in [0.25, 0.3) is 11.1 Å². The predicted octanol–water partition coefficient (Wildman–Crippen LogP) is 5.14. The molecule has 1 fully saturated rings. The first-order chi connectivity index (χ1) is 20.4. The number of alkyl carbamates (subject to hydrolysis) is 1. The minimum Gasteiger partial charge on any atom is -0.481 e. The molecule has 42 heavy (non-hydrogen) atoms. The number of esters is 1. The third-order valence-corrected chi connectivity index (χ3v) is 8.20. The van der Waals surface area contributed by atoms with Crippen molar-refractivity contribution >= 4 is 29.6 Å². The molecule has 0 aliphatic heterocycles. The molecule has 0 aromatic heterocycles. The highest BCUT2D eigenvalue weighted by atomic mass is 16.6. The van der Waals surface area contributed by atoms with Crippen LogP contribution >= 0.6 is 0 Å². The van der Waals surface area contributed by atoms with Crippen LogP contribution in [0.5, 0.6) is 0 Å². The van der Waals surface area contributed by atoms with Crippen LogP contribution in [0.1, 0.15) is 48.3 Å². The number of amides is 2. The summed E-state index contributed by atoms with van der Waals surface area (Å²) < 4.78 is 10.5. The molecule has 1 saturated carbocycles. The Bertz CT molecular complexity index is 1420. The van der Waals surface area contributed by atoms with Gasteiger partial charge in [-0.25, -0.2) is 9.59 Å². The van der Waals surface area contributed by atoms with Crippen molar-refractivity contribution in [2.45, 2.75) is 44.1 Å².